The molecular formula is C25H22BrN5O3. The average Bonchev–Trinajstić information content (AvgIpc) is 2.84. The van der Waals surface area contributed by atoms with E-state index < -0.39 is 5.97 Å². The molecule has 0 bridgehead atoms. The lowest BCUT2D eigenvalue weighted by atomic mass is 10.0. The van der Waals surface area contributed by atoms with Crippen molar-refractivity contribution in [3.63, 3.8) is 0 Å². The van der Waals surface area contributed by atoms with Crippen molar-refractivity contribution < 1.29 is 14.7 Å². The summed E-state index contributed by atoms with van der Waals surface area (Å²) >= 11 is 3.37. The lowest BCUT2D eigenvalue weighted by Crippen LogP contribution is -2.24. The summed E-state index contributed by atoms with van der Waals surface area (Å²) in [7, 11) is 1.84. The minimum absolute atomic E-state index is 0.116. The average molecular weight is 520 g/mol. The van der Waals surface area contributed by atoms with Gasteiger partial charge in [-0.25, -0.2) is 14.8 Å². The van der Waals surface area contributed by atoms with Gasteiger partial charge in [-0.1, -0.05) is 34.1 Å². The van der Waals surface area contributed by atoms with Gasteiger partial charge in [0.25, 0.3) is 5.91 Å². The van der Waals surface area contributed by atoms with Gasteiger partial charge in [0.2, 0.25) is 0 Å². The first-order valence-corrected chi connectivity index (χ1v) is 11.3. The van der Waals surface area contributed by atoms with Gasteiger partial charge in [0, 0.05) is 27.7 Å². The summed E-state index contributed by atoms with van der Waals surface area (Å²) in [6, 6.07) is 19.5. The van der Waals surface area contributed by atoms with Crippen molar-refractivity contribution in [2.75, 3.05) is 24.2 Å². The maximum atomic E-state index is 12.6. The van der Waals surface area contributed by atoms with E-state index in [1.807, 2.05) is 43.4 Å². The van der Waals surface area contributed by atoms with E-state index >= 15 is 0 Å². The van der Waals surface area contributed by atoms with Crippen molar-refractivity contribution in [1.29, 1.82) is 0 Å². The highest BCUT2D eigenvalue weighted by atomic mass is 79.9. The lowest BCUT2D eigenvalue weighted by Gasteiger charge is -2.21. The second kappa shape index (κ2) is 10.4. The van der Waals surface area contributed by atoms with Crippen LogP contribution in [-0.2, 0) is 0 Å². The number of likely N-dealkylation sites (N-methyl/N-ethyl adjacent to an activating group) is 1. The molecule has 0 fully saturated rings. The molecule has 1 unspecified atom stereocenters. The standard InChI is InChI=1S/C25H22BrN5O3/c1-27-13-21(31-23-19-6-3-7-20(25(33)34)22(19)28-14-29-23)16-4-2-5-18(12-16)30-24(32)15-8-10-17(26)11-9-15/h2-12,14,21,27H,13H2,1H3,(H,30,32)(H,33,34)(H,28,29,31). The van der Waals surface area contributed by atoms with E-state index in [0.717, 1.165) is 10.0 Å². The first-order valence-electron chi connectivity index (χ1n) is 10.5. The quantitative estimate of drug-likeness (QED) is 0.266. The normalized spacial score (nSPS) is 11.7. The van der Waals surface area contributed by atoms with E-state index in [1.54, 1.807) is 24.3 Å². The Balaban J connectivity index is 1.61. The zero-order chi connectivity index (χ0) is 24.1. The topological polar surface area (TPSA) is 116 Å². The van der Waals surface area contributed by atoms with Crippen molar-refractivity contribution >= 4 is 50.2 Å². The Hall–Kier alpha value is -3.82. The minimum atomic E-state index is -1.05. The van der Waals surface area contributed by atoms with Gasteiger partial charge < -0.3 is 21.1 Å². The fraction of sp³-hybridized carbons (Fsp3) is 0.120. The summed E-state index contributed by atoms with van der Waals surface area (Å²) < 4.78 is 0.903. The maximum Gasteiger partial charge on any atom is 0.337 e. The first kappa shape index (κ1) is 23.3. The van der Waals surface area contributed by atoms with Crippen LogP contribution in [0.2, 0.25) is 0 Å². The van der Waals surface area contributed by atoms with E-state index in [2.05, 4.69) is 41.8 Å². The molecule has 4 N–H and O–H groups in total. The van der Waals surface area contributed by atoms with Gasteiger partial charge in [0.15, 0.2) is 0 Å². The van der Waals surface area contributed by atoms with Gasteiger partial charge in [-0.15, -0.1) is 0 Å². The van der Waals surface area contributed by atoms with Crippen molar-refractivity contribution in [2.24, 2.45) is 0 Å². The highest BCUT2D eigenvalue weighted by molar-refractivity contribution is 9.10. The molecule has 0 saturated heterocycles. The van der Waals surface area contributed by atoms with Crippen molar-refractivity contribution in [3.05, 3.63) is 94.2 Å². The second-order valence-electron chi connectivity index (χ2n) is 7.57. The number of anilines is 2. The van der Waals surface area contributed by atoms with Crippen LogP contribution in [0.1, 0.15) is 32.3 Å². The lowest BCUT2D eigenvalue weighted by molar-refractivity contribution is 0.0698. The van der Waals surface area contributed by atoms with Crippen molar-refractivity contribution in [3.8, 4) is 0 Å². The number of aromatic nitrogens is 2. The molecule has 8 nitrogen and oxygen atoms in total. The van der Waals surface area contributed by atoms with Gasteiger partial charge in [-0.3, -0.25) is 4.79 Å². The first-order chi connectivity index (χ1) is 16.5. The Morgan fingerprint density at radius 3 is 2.53 bits per heavy atom. The van der Waals surface area contributed by atoms with Crippen LogP contribution in [0.5, 0.6) is 0 Å². The number of carbonyl (C=O) groups is 2. The second-order valence-corrected chi connectivity index (χ2v) is 8.49. The molecule has 1 amide bonds. The smallest absolute Gasteiger partial charge is 0.337 e. The van der Waals surface area contributed by atoms with Gasteiger partial charge >= 0.3 is 5.97 Å². The highest BCUT2D eigenvalue weighted by Gasteiger charge is 2.17. The molecule has 172 valence electrons. The molecule has 0 spiro atoms. The molecule has 1 aromatic heterocycles. The Bertz CT molecular complexity index is 1340. The van der Waals surface area contributed by atoms with E-state index in [-0.39, 0.29) is 17.5 Å². The van der Waals surface area contributed by atoms with Crippen LogP contribution >= 0.6 is 15.9 Å². The Kier molecular flexibility index (Phi) is 7.15. The molecule has 3 aromatic carbocycles. The monoisotopic (exact) mass is 519 g/mol. The molecule has 34 heavy (non-hydrogen) atoms. The molecule has 0 aliphatic rings. The predicted octanol–water partition coefficient (Wildman–Crippen LogP) is 4.72. The number of hydrogen-bond acceptors (Lipinski definition) is 6. The number of fused-ring (bicyclic) bond motifs is 1. The number of hydrogen-bond donors (Lipinski definition) is 4. The minimum Gasteiger partial charge on any atom is -0.478 e. The van der Waals surface area contributed by atoms with Crippen molar-refractivity contribution in [2.45, 2.75) is 6.04 Å². The SMILES string of the molecule is CNCC(Nc1ncnc2c(C(=O)O)cccc12)c1cccc(NC(=O)c2ccc(Br)cc2)c1. The number of carbonyl (C=O) groups excluding carboxylic acids is 1. The number of rotatable bonds is 8. The summed E-state index contributed by atoms with van der Waals surface area (Å²) in [5.74, 6) is -0.723. The van der Waals surface area contributed by atoms with E-state index in [0.29, 0.717) is 34.5 Å². The molecule has 1 atom stereocenters. The summed E-state index contributed by atoms with van der Waals surface area (Å²) in [4.78, 5) is 32.8. The van der Waals surface area contributed by atoms with Crippen LogP contribution in [0.15, 0.2) is 77.5 Å². The third-order valence-corrected chi connectivity index (χ3v) is 5.80. The number of carboxylic acid groups (broad SMARTS) is 1. The molecule has 0 saturated carbocycles. The van der Waals surface area contributed by atoms with Crippen molar-refractivity contribution in [1.82, 2.24) is 15.3 Å². The van der Waals surface area contributed by atoms with E-state index in [1.165, 1.54) is 12.4 Å². The number of nitrogens with zero attached hydrogens (tertiary/aromatic N) is 2. The Morgan fingerprint density at radius 2 is 1.79 bits per heavy atom. The van der Waals surface area contributed by atoms with Crippen LogP contribution < -0.4 is 16.0 Å². The number of amides is 1. The Labute approximate surface area is 204 Å². The third kappa shape index (κ3) is 5.22. The Morgan fingerprint density at radius 1 is 1.03 bits per heavy atom. The third-order valence-electron chi connectivity index (χ3n) is 5.27. The molecule has 1 heterocycles. The van der Waals surface area contributed by atoms with Crippen LogP contribution in [0, 0.1) is 0 Å². The summed E-state index contributed by atoms with van der Waals surface area (Å²) in [6.07, 6.45) is 1.35. The molecule has 9 heteroatoms. The zero-order valence-corrected chi connectivity index (χ0v) is 19.8. The number of halogens is 1. The molecule has 0 radical (unpaired) electrons. The van der Waals surface area contributed by atoms with Crippen LogP contribution in [-0.4, -0.2) is 40.5 Å². The summed E-state index contributed by atoms with van der Waals surface area (Å²) in [6.45, 7) is 0.564. The molecule has 4 aromatic rings. The highest BCUT2D eigenvalue weighted by Crippen LogP contribution is 2.27. The maximum absolute atomic E-state index is 12.6. The molecule has 0 aliphatic carbocycles. The summed E-state index contributed by atoms with van der Waals surface area (Å²) in [5, 5.41) is 19.6. The zero-order valence-electron chi connectivity index (χ0n) is 18.2. The number of carboxylic acids is 1. The van der Waals surface area contributed by atoms with Gasteiger partial charge in [-0.05, 0) is 61.1 Å². The van der Waals surface area contributed by atoms with Gasteiger partial charge in [0.05, 0.1) is 17.1 Å². The number of para-hydroxylation sites is 1. The number of aromatic carboxylic acids is 1. The van der Waals surface area contributed by atoms with Gasteiger partial charge in [0.1, 0.15) is 12.1 Å². The van der Waals surface area contributed by atoms with Gasteiger partial charge in [-0.2, -0.15) is 0 Å². The molecular weight excluding hydrogens is 498 g/mol. The number of nitrogens with one attached hydrogen (secondary N) is 3. The van der Waals surface area contributed by atoms with E-state index in [4.69, 9.17) is 0 Å². The molecule has 0 aliphatic heterocycles. The van der Waals surface area contributed by atoms with Crippen LogP contribution in [0.4, 0.5) is 11.5 Å². The van der Waals surface area contributed by atoms with E-state index in [9.17, 15) is 14.7 Å². The fourth-order valence-electron chi connectivity index (χ4n) is 3.63. The fourth-order valence-corrected chi connectivity index (χ4v) is 3.90. The van der Waals surface area contributed by atoms with Crippen LogP contribution in [0.3, 0.4) is 0 Å². The predicted molar refractivity (Wildman–Crippen MR) is 135 cm³/mol. The summed E-state index contributed by atoms with van der Waals surface area (Å²) in [5.41, 5.74) is 2.62. The largest absolute Gasteiger partial charge is 0.478 e. The number of benzene rings is 3. The molecule has 4 rings (SSSR count). The van der Waals surface area contributed by atoms with Crippen LogP contribution in [0.25, 0.3) is 10.9 Å².